The number of hydrogen-bond acceptors (Lipinski definition) is 3. The Kier molecular flexibility index (Phi) is 4.58. The van der Waals surface area contributed by atoms with Crippen LogP contribution in [0.4, 0.5) is 0 Å². The Morgan fingerprint density at radius 1 is 1.70 bits per heavy atom. The van der Waals surface area contributed by atoms with Crippen LogP contribution >= 0.6 is 0 Å². The van der Waals surface area contributed by atoms with Crippen molar-refractivity contribution >= 4 is 5.97 Å². The molecule has 0 saturated carbocycles. The van der Waals surface area contributed by atoms with E-state index in [0.717, 1.165) is 6.42 Å². The molecule has 0 aromatic carbocycles. The molecule has 0 unspecified atom stereocenters. The van der Waals surface area contributed by atoms with Crippen molar-refractivity contribution in [1.82, 2.24) is 0 Å². The number of carbonyl (C=O) groups excluding carboxylic acids is 1. The minimum absolute atomic E-state index is 0.251. The van der Waals surface area contributed by atoms with Gasteiger partial charge in [-0.1, -0.05) is 13.0 Å². The molecule has 10 heavy (non-hydrogen) atoms. The molecule has 0 spiro atoms. The molecule has 0 bridgehead atoms. The second-order valence-electron chi connectivity index (χ2n) is 1.83. The van der Waals surface area contributed by atoms with E-state index in [9.17, 15) is 4.79 Å². The molecule has 0 saturated heterocycles. The van der Waals surface area contributed by atoms with Crippen LogP contribution in [-0.4, -0.2) is 19.6 Å². The highest BCUT2D eigenvalue weighted by Gasteiger charge is 2.04. The SMILES string of the molecule is CCC=C(CN)C(=O)OC. The smallest absolute Gasteiger partial charge is 0.334 e. The van der Waals surface area contributed by atoms with Gasteiger partial charge in [-0.05, 0) is 6.42 Å². The third kappa shape index (κ3) is 2.64. The van der Waals surface area contributed by atoms with E-state index < -0.39 is 0 Å². The first kappa shape index (κ1) is 9.17. The molecule has 0 rings (SSSR count). The van der Waals surface area contributed by atoms with Gasteiger partial charge in [0.05, 0.1) is 7.11 Å². The van der Waals surface area contributed by atoms with Crippen LogP contribution in [0.1, 0.15) is 13.3 Å². The lowest BCUT2D eigenvalue weighted by molar-refractivity contribution is -0.136. The summed E-state index contributed by atoms with van der Waals surface area (Å²) in [5.74, 6) is -0.329. The third-order valence-corrected chi connectivity index (χ3v) is 1.12. The van der Waals surface area contributed by atoms with E-state index in [2.05, 4.69) is 4.74 Å². The topological polar surface area (TPSA) is 52.3 Å². The van der Waals surface area contributed by atoms with Gasteiger partial charge in [0.15, 0.2) is 0 Å². The molecule has 0 fully saturated rings. The predicted molar refractivity (Wildman–Crippen MR) is 39.4 cm³/mol. The first-order valence-electron chi connectivity index (χ1n) is 3.23. The zero-order chi connectivity index (χ0) is 7.98. The summed E-state index contributed by atoms with van der Waals surface area (Å²) in [5.41, 5.74) is 5.81. The minimum Gasteiger partial charge on any atom is -0.466 e. The number of esters is 1. The van der Waals surface area contributed by atoms with Crippen molar-refractivity contribution < 1.29 is 9.53 Å². The molecule has 0 aromatic heterocycles. The first-order chi connectivity index (χ1) is 4.76. The molecular formula is C7H13NO2. The highest BCUT2D eigenvalue weighted by atomic mass is 16.5. The largest absolute Gasteiger partial charge is 0.466 e. The van der Waals surface area contributed by atoms with E-state index in [0.29, 0.717) is 5.57 Å². The lowest BCUT2D eigenvalue weighted by Crippen LogP contribution is -2.14. The summed E-state index contributed by atoms with van der Waals surface area (Å²) in [4.78, 5) is 10.8. The number of rotatable bonds is 3. The maximum atomic E-state index is 10.8. The lowest BCUT2D eigenvalue weighted by Gasteiger charge is -1.99. The standard InChI is InChI=1S/C7H13NO2/c1-3-4-6(5-8)7(9)10-2/h4H,3,5,8H2,1-2H3. The van der Waals surface area contributed by atoms with Crippen LogP contribution in [0.3, 0.4) is 0 Å². The fourth-order valence-corrected chi connectivity index (χ4v) is 0.627. The Hall–Kier alpha value is -0.830. The van der Waals surface area contributed by atoms with Gasteiger partial charge >= 0.3 is 5.97 Å². The van der Waals surface area contributed by atoms with Crippen LogP contribution < -0.4 is 5.73 Å². The molecular weight excluding hydrogens is 130 g/mol. The number of nitrogens with two attached hydrogens (primary N) is 1. The summed E-state index contributed by atoms with van der Waals surface area (Å²) in [7, 11) is 1.35. The van der Waals surface area contributed by atoms with Gasteiger partial charge in [0.2, 0.25) is 0 Å². The Balaban J connectivity index is 4.06. The summed E-state index contributed by atoms with van der Waals surface area (Å²) >= 11 is 0. The molecule has 0 aliphatic rings. The summed E-state index contributed by atoms with van der Waals surface area (Å²) in [6, 6.07) is 0. The molecule has 0 atom stereocenters. The third-order valence-electron chi connectivity index (χ3n) is 1.12. The Bertz CT molecular complexity index is 141. The van der Waals surface area contributed by atoms with Crippen molar-refractivity contribution in [2.24, 2.45) is 5.73 Å². The molecule has 3 nitrogen and oxygen atoms in total. The molecule has 0 aliphatic carbocycles. The molecule has 3 heteroatoms. The van der Waals surface area contributed by atoms with Gasteiger partial charge in [0, 0.05) is 12.1 Å². The van der Waals surface area contributed by atoms with Gasteiger partial charge in [-0.2, -0.15) is 0 Å². The van der Waals surface area contributed by atoms with E-state index >= 15 is 0 Å². The average Bonchev–Trinajstić information content (AvgIpc) is 1.99. The number of methoxy groups -OCH3 is 1. The molecule has 2 N–H and O–H groups in total. The van der Waals surface area contributed by atoms with Gasteiger partial charge < -0.3 is 10.5 Å². The Morgan fingerprint density at radius 3 is 2.60 bits per heavy atom. The van der Waals surface area contributed by atoms with Crippen molar-refractivity contribution in [1.29, 1.82) is 0 Å². The fourth-order valence-electron chi connectivity index (χ4n) is 0.627. The predicted octanol–water partition coefficient (Wildman–Crippen LogP) is 0.455. The monoisotopic (exact) mass is 143 g/mol. The van der Waals surface area contributed by atoms with Gasteiger partial charge in [0.25, 0.3) is 0 Å². The molecule has 0 aliphatic heterocycles. The number of allylic oxidation sites excluding steroid dienone is 1. The van der Waals surface area contributed by atoms with Crippen molar-refractivity contribution in [3.8, 4) is 0 Å². The second-order valence-corrected chi connectivity index (χ2v) is 1.83. The number of carbonyl (C=O) groups is 1. The Morgan fingerprint density at radius 2 is 2.30 bits per heavy atom. The van der Waals surface area contributed by atoms with Gasteiger partial charge in [-0.25, -0.2) is 4.79 Å². The molecule has 58 valence electrons. The summed E-state index contributed by atoms with van der Waals surface area (Å²) in [6.07, 6.45) is 2.58. The maximum Gasteiger partial charge on any atom is 0.334 e. The average molecular weight is 143 g/mol. The van der Waals surface area contributed by atoms with Crippen molar-refractivity contribution in [3.63, 3.8) is 0 Å². The van der Waals surface area contributed by atoms with E-state index in [1.165, 1.54) is 7.11 Å². The van der Waals surface area contributed by atoms with Crippen LogP contribution in [0.15, 0.2) is 11.6 Å². The lowest BCUT2D eigenvalue weighted by atomic mass is 10.2. The van der Waals surface area contributed by atoms with Crippen molar-refractivity contribution in [3.05, 3.63) is 11.6 Å². The van der Waals surface area contributed by atoms with Crippen LogP contribution in [0, 0.1) is 0 Å². The van der Waals surface area contributed by atoms with Crippen molar-refractivity contribution in [2.75, 3.05) is 13.7 Å². The van der Waals surface area contributed by atoms with Crippen LogP contribution in [0.25, 0.3) is 0 Å². The van der Waals surface area contributed by atoms with E-state index in [1.54, 1.807) is 6.08 Å². The highest BCUT2D eigenvalue weighted by molar-refractivity contribution is 5.88. The van der Waals surface area contributed by atoms with E-state index in [-0.39, 0.29) is 12.5 Å². The summed E-state index contributed by atoms with van der Waals surface area (Å²) in [6.45, 7) is 2.19. The van der Waals surface area contributed by atoms with E-state index in [4.69, 9.17) is 5.73 Å². The van der Waals surface area contributed by atoms with Crippen LogP contribution in [-0.2, 0) is 9.53 Å². The minimum atomic E-state index is -0.329. The zero-order valence-electron chi connectivity index (χ0n) is 6.39. The summed E-state index contributed by atoms with van der Waals surface area (Å²) < 4.78 is 4.47. The normalized spacial score (nSPS) is 11.3. The molecule has 0 aromatic rings. The quantitative estimate of drug-likeness (QED) is 0.461. The highest BCUT2D eigenvalue weighted by Crippen LogP contribution is 1.95. The molecule has 0 amide bonds. The second kappa shape index (κ2) is 4.99. The maximum absolute atomic E-state index is 10.8. The first-order valence-corrected chi connectivity index (χ1v) is 3.23. The van der Waals surface area contributed by atoms with Gasteiger partial charge in [0.1, 0.15) is 0 Å². The molecule has 0 radical (unpaired) electrons. The fraction of sp³-hybridized carbons (Fsp3) is 0.571. The van der Waals surface area contributed by atoms with E-state index in [1.807, 2.05) is 6.92 Å². The Labute approximate surface area is 60.9 Å². The zero-order valence-corrected chi connectivity index (χ0v) is 6.39. The number of ether oxygens (including phenoxy) is 1. The van der Waals surface area contributed by atoms with Crippen LogP contribution in [0.5, 0.6) is 0 Å². The van der Waals surface area contributed by atoms with Gasteiger partial charge in [-0.15, -0.1) is 0 Å². The summed E-state index contributed by atoms with van der Waals surface area (Å²) in [5, 5.41) is 0. The van der Waals surface area contributed by atoms with Gasteiger partial charge in [-0.3, -0.25) is 0 Å². The van der Waals surface area contributed by atoms with Crippen LogP contribution in [0.2, 0.25) is 0 Å². The van der Waals surface area contributed by atoms with Crippen molar-refractivity contribution in [2.45, 2.75) is 13.3 Å². The number of hydrogen-bond donors (Lipinski definition) is 1. The molecule has 0 heterocycles.